The maximum atomic E-state index is 6.12. The van der Waals surface area contributed by atoms with Crippen molar-refractivity contribution in [2.75, 3.05) is 25.6 Å². The molecule has 0 bridgehead atoms. The molecule has 0 aliphatic heterocycles. The van der Waals surface area contributed by atoms with Crippen molar-refractivity contribution in [3.8, 4) is 0 Å². The first-order valence-electron chi connectivity index (χ1n) is 10.0. The zero-order valence-corrected chi connectivity index (χ0v) is 18.6. The predicted octanol–water partition coefficient (Wildman–Crippen LogP) is 5.36. The minimum Gasteiger partial charge on any atom is -0.399 e. The van der Waals surface area contributed by atoms with E-state index in [9.17, 15) is 0 Å². The molecule has 0 heterocycles. The van der Waals surface area contributed by atoms with E-state index in [1.54, 1.807) is 0 Å². The minimum absolute atomic E-state index is 0.769. The lowest BCUT2D eigenvalue weighted by atomic mass is 9.77. The summed E-state index contributed by atoms with van der Waals surface area (Å²) in [5.41, 5.74) is 26.1. The van der Waals surface area contributed by atoms with E-state index in [1.165, 1.54) is 44.7 Å². The summed E-state index contributed by atoms with van der Waals surface area (Å²) >= 11 is 0. The van der Waals surface area contributed by atoms with Gasteiger partial charge in [0.25, 0.3) is 0 Å². The summed E-state index contributed by atoms with van der Waals surface area (Å²) in [4.78, 5) is 0. The molecule has 0 atom stereocenters. The lowest BCUT2D eigenvalue weighted by Crippen LogP contribution is -2.22. The standard InChI is InChI=1S/C26H31N3/c1-15-14-21(10-13-23(15)28)25(20-8-11-22(27)12-9-20)24-16(2)18(4)26(29(6)7)19(5)17(24)3/h8-14H,1-7H3,(H3,27,28)/p+1. The van der Waals surface area contributed by atoms with Crippen LogP contribution in [0.25, 0.3) is 5.57 Å². The summed E-state index contributed by atoms with van der Waals surface area (Å²) in [6, 6.07) is 14.5. The van der Waals surface area contributed by atoms with Crippen LogP contribution in [0.2, 0.25) is 0 Å². The first kappa shape index (κ1) is 20.7. The van der Waals surface area contributed by atoms with E-state index in [2.05, 4.69) is 77.6 Å². The maximum Gasteiger partial charge on any atom is 0.205 e. The van der Waals surface area contributed by atoms with Crippen LogP contribution in [-0.2, 0) is 0 Å². The van der Waals surface area contributed by atoms with Crippen LogP contribution >= 0.6 is 0 Å². The van der Waals surface area contributed by atoms with Crippen molar-refractivity contribution in [2.24, 2.45) is 0 Å². The Labute approximate surface area is 174 Å². The molecular weight excluding hydrogens is 354 g/mol. The molecule has 3 heteroatoms. The van der Waals surface area contributed by atoms with E-state index < -0.39 is 0 Å². The minimum atomic E-state index is 0.769. The molecule has 0 saturated carbocycles. The molecular formula is C26H32N3+. The zero-order valence-electron chi connectivity index (χ0n) is 18.6. The van der Waals surface area contributed by atoms with Gasteiger partial charge >= 0.3 is 0 Å². The third-order valence-electron chi connectivity index (χ3n) is 6.04. The SMILES string of the molecule is CC1=C(C)C(=[N+](C)C)C(C)=C(C)C1=C(c1ccc(N)cc1)c1ccc(N)c(C)c1. The molecule has 0 saturated heterocycles. The summed E-state index contributed by atoms with van der Waals surface area (Å²) in [6.07, 6.45) is 0. The fourth-order valence-corrected chi connectivity index (χ4v) is 4.27. The molecule has 2 aromatic rings. The van der Waals surface area contributed by atoms with Crippen LogP contribution in [-0.4, -0.2) is 24.4 Å². The van der Waals surface area contributed by atoms with Crippen molar-refractivity contribution in [1.29, 1.82) is 0 Å². The van der Waals surface area contributed by atoms with Gasteiger partial charge in [-0.2, -0.15) is 0 Å². The highest BCUT2D eigenvalue weighted by atomic mass is 14.9. The fraction of sp³-hybridized carbons (Fsp3) is 0.269. The Morgan fingerprint density at radius 3 is 1.69 bits per heavy atom. The Morgan fingerprint density at radius 1 is 0.690 bits per heavy atom. The lowest BCUT2D eigenvalue weighted by Gasteiger charge is -2.26. The van der Waals surface area contributed by atoms with Gasteiger partial charge in [-0.15, -0.1) is 0 Å². The third-order valence-corrected chi connectivity index (χ3v) is 6.04. The van der Waals surface area contributed by atoms with Crippen LogP contribution in [0.4, 0.5) is 11.4 Å². The monoisotopic (exact) mass is 386 g/mol. The predicted molar refractivity (Wildman–Crippen MR) is 126 cm³/mol. The molecule has 0 amide bonds. The number of benzene rings is 2. The first-order valence-corrected chi connectivity index (χ1v) is 10.0. The molecule has 29 heavy (non-hydrogen) atoms. The highest BCUT2D eigenvalue weighted by Gasteiger charge is 2.28. The van der Waals surface area contributed by atoms with Crippen LogP contribution in [0.5, 0.6) is 0 Å². The molecule has 3 nitrogen and oxygen atoms in total. The maximum absolute atomic E-state index is 6.12. The smallest absolute Gasteiger partial charge is 0.205 e. The van der Waals surface area contributed by atoms with Crippen molar-refractivity contribution >= 4 is 22.7 Å². The van der Waals surface area contributed by atoms with Gasteiger partial charge in [-0.1, -0.05) is 18.2 Å². The summed E-state index contributed by atoms with van der Waals surface area (Å²) in [7, 11) is 4.23. The molecule has 150 valence electrons. The van der Waals surface area contributed by atoms with Crippen LogP contribution in [0.15, 0.2) is 70.3 Å². The van der Waals surface area contributed by atoms with E-state index in [4.69, 9.17) is 11.5 Å². The largest absolute Gasteiger partial charge is 0.399 e. The van der Waals surface area contributed by atoms with E-state index in [0.29, 0.717) is 0 Å². The molecule has 0 aromatic heterocycles. The van der Waals surface area contributed by atoms with Crippen molar-refractivity contribution < 1.29 is 4.58 Å². The first-order chi connectivity index (χ1) is 13.6. The molecule has 4 N–H and O–H groups in total. The quantitative estimate of drug-likeness (QED) is 0.539. The fourth-order valence-electron chi connectivity index (χ4n) is 4.27. The van der Waals surface area contributed by atoms with Gasteiger partial charge in [0.2, 0.25) is 5.71 Å². The summed E-state index contributed by atoms with van der Waals surface area (Å²) in [5, 5.41) is 0. The lowest BCUT2D eigenvalue weighted by molar-refractivity contribution is -0.463. The third kappa shape index (κ3) is 3.65. The molecule has 2 aromatic carbocycles. The summed E-state index contributed by atoms with van der Waals surface area (Å²) < 4.78 is 2.21. The highest BCUT2D eigenvalue weighted by molar-refractivity contribution is 6.13. The van der Waals surface area contributed by atoms with Gasteiger partial charge in [0.1, 0.15) is 14.1 Å². The number of nitrogens with zero attached hydrogens (tertiary/aromatic N) is 1. The number of hydrogen-bond acceptors (Lipinski definition) is 2. The molecule has 3 rings (SSSR count). The number of hydrogen-bond donors (Lipinski definition) is 2. The Kier molecular flexibility index (Phi) is 5.52. The number of allylic oxidation sites excluding steroid dienone is 5. The van der Waals surface area contributed by atoms with Gasteiger partial charge in [-0.3, -0.25) is 0 Å². The van der Waals surface area contributed by atoms with Gasteiger partial charge < -0.3 is 11.5 Å². The number of rotatable bonds is 2. The molecule has 0 fully saturated rings. The van der Waals surface area contributed by atoms with Crippen molar-refractivity contribution in [3.63, 3.8) is 0 Å². The van der Waals surface area contributed by atoms with Gasteiger partial charge in [-0.05, 0) is 97.9 Å². The molecule has 0 spiro atoms. The van der Waals surface area contributed by atoms with Gasteiger partial charge in [0.05, 0.1) is 0 Å². The molecule has 1 aliphatic carbocycles. The Bertz CT molecular complexity index is 1070. The Morgan fingerprint density at radius 2 is 1.21 bits per heavy atom. The second-order valence-electron chi connectivity index (χ2n) is 8.19. The Balaban J connectivity index is 2.45. The van der Waals surface area contributed by atoms with E-state index in [-0.39, 0.29) is 0 Å². The van der Waals surface area contributed by atoms with Gasteiger partial charge in [-0.25, -0.2) is 4.58 Å². The molecule has 0 radical (unpaired) electrons. The zero-order chi connectivity index (χ0) is 21.5. The summed E-state index contributed by atoms with van der Waals surface area (Å²) in [5.74, 6) is 0. The number of nitrogens with two attached hydrogens (primary N) is 2. The molecule has 0 unspecified atom stereocenters. The van der Waals surface area contributed by atoms with Gasteiger partial charge in [0, 0.05) is 22.5 Å². The van der Waals surface area contributed by atoms with Gasteiger partial charge in [0.15, 0.2) is 0 Å². The number of anilines is 2. The average molecular weight is 387 g/mol. The average Bonchev–Trinajstić information content (AvgIpc) is 2.67. The van der Waals surface area contributed by atoms with Crippen molar-refractivity contribution in [1.82, 2.24) is 0 Å². The Hall–Kier alpha value is -3.07. The molecule has 1 aliphatic rings. The van der Waals surface area contributed by atoms with E-state index >= 15 is 0 Å². The van der Waals surface area contributed by atoms with Crippen LogP contribution in [0, 0.1) is 6.92 Å². The van der Waals surface area contributed by atoms with Crippen LogP contribution in [0.1, 0.15) is 44.4 Å². The van der Waals surface area contributed by atoms with Crippen molar-refractivity contribution in [2.45, 2.75) is 34.6 Å². The number of aryl methyl sites for hydroxylation is 1. The van der Waals surface area contributed by atoms with Crippen LogP contribution in [0.3, 0.4) is 0 Å². The second-order valence-corrected chi connectivity index (χ2v) is 8.19. The van der Waals surface area contributed by atoms with E-state index in [1.807, 2.05) is 18.2 Å². The highest BCUT2D eigenvalue weighted by Crippen LogP contribution is 2.40. The summed E-state index contributed by atoms with van der Waals surface area (Å²) in [6.45, 7) is 11.0. The van der Waals surface area contributed by atoms with E-state index in [0.717, 1.165) is 22.5 Å². The van der Waals surface area contributed by atoms with Crippen molar-refractivity contribution in [3.05, 3.63) is 87.0 Å². The van der Waals surface area contributed by atoms with Crippen LogP contribution < -0.4 is 11.5 Å². The topological polar surface area (TPSA) is 55.0 Å². The second kappa shape index (κ2) is 7.75. The normalized spacial score (nSPS) is 14.6. The number of nitrogen functional groups attached to an aromatic ring is 2.